The summed E-state index contributed by atoms with van der Waals surface area (Å²) >= 11 is 0. The van der Waals surface area contributed by atoms with Crippen molar-refractivity contribution in [3.63, 3.8) is 0 Å². The number of benzene rings is 2. The molecule has 0 amide bonds. The summed E-state index contributed by atoms with van der Waals surface area (Å²) in [5.41, 5.74) is 11.4. The van der Waals surface area contributed by atoms with E-state index in [1.807, 2.05) is 0 Å². The van der Waals surface area contributed by atoms with Gasteiger partial charge in [0.2, 0.25) is 0 Å². The number of rotatable bonds is 9. The first-order valence-corrected chi connectivity index (χ1v) is 12.4. The summed E-state index contributed by atoms with van der Waals surface area (Å²) in [6.45, 7) is 6.35. The minimum absolute atomic E-state index is 0.195. The summed E-state index contributed by atoms with van der Waals surface area (Å²) in [7, 11) is 0. The van der Waals surface area contributed by atoms with Crippen LogP contribution in [0.1, 0.15) is 43.7 Å². The second-order valence-corrected chi connectivity index (χ2v) is 9.19. The van der Waals surface area contributed by atoms with Crippen LogP contribution in [-0.4, -0.2) is 44.1 Å². The van der Waals surface area contributed by atoms with Crippen LogP contribution in [0, 0.1) is 0 Å². The van der Waals surface area contributed by atoms with Gasteiger partial charge >= 0.3 is 11.7 Å². The number of likely N-dealkylation sites (tertiary alicyclic amines) is 1. The molecule has 8 heteroatoms. The van der Waals surface area contributed by atoms with Crippen molar-refractivity contribution in [2.75, 3.05) is 25.4 Å². The molecule has 8 nitrogen and oxygen atoms in total. The van der Waals surface area contributed by atoms with E-state index in [0.717, 1.165) is 30.5 Å². The zero-order valence-corrected chi connectivity index (χ0v) is 20.2. The first kappa shape index (κ1) is 23.1. The first-order valence-electron chi connectivity index (χ1n) is 12.4. The molecule has 4 aromatic rings. The Bertz CT molecular complexity index is 1350. The number of imidazole rings is 1. The maximum absolute atomic E-state index is 12.7. The highest BCUT2D eigenvalue weighted by Crippen LogP contribution is 2.24. The molecule has 0 atom stereocenters. The van der Waals surface area contributed by atoms with Crippen molar-refractivity contribution in [3.8, 4) is 17.1 Å². The summed E-state index contributed by atoms with van der Waals surface area (Å²) in [4.78, 5) is 26.6. The maximum Gasteiger partial charge on any atom is 0.328 e. The third-order valence-corrected chi connectivity index (χ3v) is 6.52. The Labute approximate surface area is 204 Å². The number of nitrogen functional groups attached to an aromatic ring is 1. The average Bonchev–Trinajstić information content (AvgIpc) is 3.48. The van der Waals surface area contributed by atoms with E-state index in [9.17, 15) is 4.79 Å². The van der Waals surface area contributed by atoms with Crippen LogP contribution in [0.15, 0.2) is 53.3 Å². The Balaban J connectivity index is 1.35. The van der Waals surface area contributed by atoms with Crippen LogP contribution < -0.4 is 16.2 Å². The van der Waals surface area contributed by atoms with Gasteiger partial charge in [-0.2, -0.15) is 9.97 Å². The van der Waals surface area contributed by atoms with E-state index in [4.69, 9.17) is 10.5 Å². The van der Waals surface area contributed by atoms with Crippen LogP contribution in [0.5, 0.6) is 6.01 Å². The van der Waals surface area contributed by atoms with Crippen molar-refractivity contribution in [2.45, 2.75) is 45.7 Å². The number of nitrogens with zero attached hydrogens (tertiary/aromatic N) is 4. The first-order chi connectivity index (χ1) is 17.1. The van der Waals surface area contributed by atoms with E-state index in [2.05, 4.69) is 75.3 Å². The van der Waals surface area contributed by atoms with Crippen molar-refractivity contribution >= 4 is 17.0 Å². The summed E-state index contributed by atoms with van der Waals surface area (Å²) < 4.78 is 7.21. The topological polar surface area (TPSA) is 102 Å². The minimum Gasteiger partial charge on any atom is -0.463 e. The van der Waals surface area contributed by atoms with E-state index in [1.165, 1.54) is 37.1 Å². The summed E-state index contributed by atoms with van der Waals surface area (Å²) in [5, 5.41) is 0. The molecule has 1 aliphatic rings. The van der Waals surface area contributed by atoms with E-state index in [1.54, 1.807) is 4.57 Å². The molecule has 2 aromatic carbocycles. The number of hydrogen-bond donors (Lipinski definition) is 2. The molecule has 1 aliphatic heterocycles. The number of aromatic nitrogens is 4. The SMILES string of the molecule is CCCCOc1nc(N)c2[nH]c(=O)n(Cc3ccc(-c4cccc(CN5CCCC5)c4)cc3)c2n1. The van der Waals surface area contributed by atoms with Gasteiger partial charge in [0.1, 0.15) is 5.52 Å². The monoisotopic (exact) mass is 472 g/mol. The van der Waals surface area contributed by atoms with E-state index in [0.29, 0.717) is 24.3 Å². The molecule has 0 spiro atoms. The molecule has 0 aliphatic carbocycles. The number of ether oxygens (including phenoxy) is 1. The van der Waals surface area contributed by atoms with Crippen LogP contribution in [-0.2, 0) is 13.1 Å². The van der Waals surface area contributed by atoms with Crippen LogP contribution in [0.2, 0.25) is 0 Å². The van der Waals surface area contributed by atoms with E-state index >= 15 is 0 Å². The fourth-order valence-electron chi connectivity index (χ4n) is 4.58. The molecule has 0 radical (unpaired) electrons. The minimum atomic E-state index is -0.273. The van der Waals surface area contributed by atoms with E-state index in [-0.39, 0.29) is 17.5 Å². The molecule has 0 bridgehead atoms. The summed E-state index contributed by atoms with van der Waals surface area (Å²) in [6, 6.07) is 17.3. The number of H-pyrrole nitrogens is 1. The van der Waals surface area contributed by atoms with Gasteiger partial charge in [-0.15, -0.1) is 0 Å². The maximum atomic E-state index is 12.7. The lowest BCUT2D eigenvalue weighted by Crippen LogP contribution is -2.18. The number of nitrogens with two attached hydrogens (primary N) is 1. The molecule has 0 unspecified atom stereocenters. The smallest absolute Gasteiger partial charge is 0.328 e. The van der Waals surface area contributed by atoms with Crippen LogP contribution in [0.3, 0.4) is 0 Å². The molecule has 5 rings (SSSR count). The fourth-order valence-corrected chi connectivity index (χ4v) is 4.58. The lowest BCUT2D eigenvalue weighted by molar-refractivity contribution is 0.286. The largest absolute Gasteiger partial charge is 0.463 e. The third-order valence-electron chi connectivity index (χ3n) is 6.52. The molecular formula is C27H32N6O2. The van der Waals surface area contributed by atoms with Crippen LogP contribution in [0.25, 0.3) is 22.3 Å². The van der Waals surface area contributed by atoms with Crippen molar-refractivity contribution < 1.29 is 4.74 Å². The van der Waals surface area contributed by atoms with Crippen molar-refractivity contribution in [1.82, 2.24) is 24.4 Å². The molecule has 1 fully saturated rings. The lowest BCUT2D eigenvalue weighted by Gasteiger charge is -2.15. The molecule has 2 aromatic heterocycles. The highest BCUT2D eigenvalue weighted by atomic mass is 16.5. The molecule has 182 valence electrons. The number of fused-ring (bicyclic) bond motifs is 1. The predicted molar refractivity (Wildman–Crippen MR) is 138 cm³/mol. The molecule has 1 saturated heterocycles. The number of unbranched alkanes of at least 4 members (excludes halogenated alkanes) is 1. The highest BCUT2D eigenvalue weighted by Gasteiger charge is 2.15. The van der Waals surface area contributed by atoms with Gasteiger partial charge in [0.15, 0.2) is 11.5 Å². The number of hydrogen-bond acceptors (Lipinski definition) is 6. The van der Waals surface area contributed by atoms with Crippen LogP contribution >= 0.6 is 0 Å². The molecule has 0 saturated carbocycles. The van der Waals surface area contributed by atoms with Crippen molar-refractivity contribution in [2.24, 2.45) is 0 Å². The van der Waals surface area contributed by atoms with Gasteiger partial charge in [0.05, 0.1) is 13.2 Å². The van der Waals surface area contributed by atoms with Gasteiger partial charge in [-0.1, -0.05) is 55.8 Å². The molecule has 35 heavy (non-hydrogen) atoms. The van der Waals surface area contributed by atoms with Gasteiger partial charge in [-0.25, -0.2) is 4.79 Å². The number of anilines is 1. The van der Waals surface area contributed by atoms with Gasteiger partial charge in [-0.3, -0.25) is 9.47 Å². The van der Waals surface area contributed by atoms with Crippen LogP contribution in [0.4, 0.5) is 5.82 Å². The summed E-state index contributed by atoms with van der Waals surface area (Å²) in [5.74, 6) is 0.210. The quantitative estimate of drug-likeness (QED) is 0.354. The second-order valence-electron chi connectivity index (χ2n) is 9.19. The van der Waals surface area contributed by atoms with E-state index < -0.39 is 0 Å². The molecular weight excluding hydrogens is 440 g/mol. The van der Waals surface area contributed by atoms with Gasteiger partial charge in [-0.05, 0) is 60.7 Å². The Morgan fingerprint density at radius 2 is 1.80 bits per heavy atom. The second kappa shape index (κ2) is 10.3. The Morgan fingerprint density at radius 1 is 1.00 bits per heavy atom. The summed E-state index contributed by atoms with van der Waals surface area (Å²) in [6.07, 6.45) is 4.50. The highest BCUT2D eigenvalue weighted by molar-refractivity contribution is 5.82. The average molecular weight is 473 g/mol. The normalized spacial score (nSPS) is 14.1. The zero-order chi connectivity index (χ0) is 24.2. The predicted octanol–water partition coefficient (Wildman–Crippen LogP) is 4.19. The van der Waals surface area contributed by atoms with Gasteiger partial charge in [0, 0.05) is 6.54 Å². The van der Waals surface area contributed by atoms with Gasteiger partial charge in [0.25, 0.3) is 0 Å². The Hall–Kier alpha value is -3.65. The van der Waals surface area contributed by atoms with Crippen molar-refractivity contribution in [3.05, 3.63) is 70.1 Å². The van der Waals surface area contributed by atoms with Crippen molar-refractivity contribution in [1.29, 1.82) is 0 Å². The number of nitrogens with one attached hydrogen (secondary N) is 1. The third kappa shape index (κ3) is 5.22. The Morgan fingerprint density at radius 3 is 2.57 bits per heavy atom. The lowest BCUT2D eigenvalue weighted by atomic mass is 10.0. The van der Waals surface area contributed by atoms with Gasteiger partial charge < -0.3 is 15.5 Å². The molecule has 3 heterocycles. The standard InChI is InChI=1S/C27H32N6O2/c1-2-3-15-35-26-30-24(28)23-25(31-26)33(27(34)29-23)18-19-9-11-21(12-10-19)22-8-6-7-20(16-22)17-32-13-4-5-14-32/h6-12,16H,2-5,13-15,17-18H2,1H3,(H,29,34)(H2,28,30,31). The zero-order valence-electron chi connectivity index (χ0n) is 20.2. The molecule has 3 N–H and O–H groups in total. The Kier molecular flexibility index (Phi) is 6.81. The number of aromatic amines is 1. The fraction of sp³-hybridized carbons (Fsp3) is 0.370.